The molecule has 2 aromatic carbocycles. The van der Waals surface area contributed by atoms with Crippen molar-refractivity contribution in [2.75, 3.05) is 30.9 Å². The van der Waals surface area contributed by atoms with Gasteiger partial charge in [0.1, 0.15) is 0 Å². The number of hydrogen-bond donors (Lipinski definition) is 1. The Kier molecular flexibility index (Phi) is 5.89. The summed E-state index contributed by atoms with van der Waals surface area (Å²) in [4.78, 5) is 37.4. The van der Waals surface area contributed by atoms with Crippen LogP contribution in [0.3, 0.4) is 0 Å². The van der Waals surface area contributed by atoms with E-state index in [1.807, 2.05) is 19.0 Å². The molecule has 0 aliphatic rings. The van der Waals surface area contributed by atoms with Crippen molar-refractivity contribution in [3.8, 4) is 0 Å². The normalized spacial score (nSPS) is 10.0. The third-order valence-corrected chi connectivity index (χ3v) is 3.53. The molecule has 0 unspecified atom stereocenters. The number of carbonyl (C=O) groups excluding carboxylic acids is 3. The smallest absolute Gasteiger partial charge is 0.338 e. The van der Waals surface area contributed by atoms with Crippen LogP contribution in [0, 0.1) is 0 Å². The highest BCUT2D eigenvalue weighted by molar-refractivity contribution is 6.04. The summed E-state index contributed by atoms with van der Waals surface area (Å²) in [6.45, 7) is 0.989. The van der Waals surface area contributed by atoms with Gasteiger partial charge in [-0.05, 0) is 43.3 Å². The number of nitrogens with zero attached hydrogens (tertiary/aromatic N) is 1. The van der Waals surface area contributed by atoms with Gasteiger partial charge in [-0.15, -0.1) is 0 Å². The molecule has 0 heterocycles. The predicted octanol–water partition coefficient (Wildman–Crippen LogP) is 2.75. The molecule has 1 amide bonds. The number of amides is 1. The first-order chi connectivity index (χ1) is 11.9. The van der Waals surface area contributed by atoms with E-state index < -0.39 is 18.5 Å². The standard InChI is InChI=1S/C19H20N2O4/c1-13(22)16-6-4-5-7-17(16)20-18(23)12-25-19(24)14-8-10-15(11-9-14)21(2)3/h4-11H,12H2,1-3H3,(H,20,23). The fourth-order valence-electron chi connectivity index (χ4n) is 2.20. The van der Waals surface area contributed by atoms with Gasteiger partial charge in [0.05, 0.1) is 11.3 Å². The maximum Gasteiger partial charge on any atom is 0.338 e. The zero-order valence-electron chi connectivity index (χ0n) is 14.4. The largest absolute Gasteiger partial charge is 0.452 e. The van der Waals surface area contributed by atoms with Crippen molar-refractivity contribution >= 4 is 29.0 Å². The molecule has 0 bridgehead atoms. The van der Waals surface area contributed by atoms with E-state index in [2.05, 4.69) is 5.32 Å². The second kappa shape index (κ2) is 8.10. The fourth-order valence-corrected chi connectivity index (χ4v) is 2.20. The Morgan fingerprint density at radius 3 is 2.24 bits per heavy atom. The first kappa shape index (κ1) is 18.2. The van der Waals surface area contributed by atoms with Crippen molar-refractivity contribution in [2.24, 2.45) is 0 Å². The molecule has 6 heteroatoms. The van der Waals surface area contributed by atoms with E-state index in [4.69, 9.17) is 4.74 Å². The van der Waals surface area contributed by atoms with Gasteiger partial charge in [0.15, 0.2) is 12.4 Å². The van der Waals surface area contributed by atoms with Crippen LogP contribution >= 0.6 is 0 Å². The highest BCUT2D eigenvalue weighted by Crippen LogP contribution is 2.16. The van der Waals surface area contributed by atoms with Crippen molar-refractivity contribution in [1.82, 2.24) is 0 Å². The Balaban J connectivity index is 1.93. The molecule has 130 valence electrons. The summed E-state index contributed by atoms with van der Waals surface area (Å²) in [5.41, 5.74) is 2.12. The monoisotopic (exact) mass is 340 g/mol. The Labute approximate surface area is 146 Å². The van der Waals surface area contributed by atoms with Crippen LogP contribution in [0.15, 0.2) is 48.5 Å². The zero-order chi connectivity index (χ0) is 18.4. The zero-order valence-corrected chi connectivity index (χ0v) is 14.4. The number of anilines is 2. The molecule has 0 spiro atoms. The lowest BCUT2D eigenvalue weighted by Gasteiger charge is -2.12. The Morgan fingerprint density at radius 2 is 1.64 bits per heavy atom. The minimum atomic E-state index is -0.583. The third-order valence-electron chi connectivity index (χ3n) is 3.53. The van der Waals surface area contributed by atoms with Crippen LogP contribution in [0.4, 0.5) is 11.4 Å². The molecule has 1 N–H and O–H groups in total. The SMILES string of the molecule is CC(=O)c1ccccc1NC(=O)COC(=O)c1ccc(N(C)C)cc1. The van der Waals surface area contributed by atoms with Crippen LogP contribution in [-0.2, 0) is 9.53 Å². The number of carbonyl (C=O) groups is 3. The maximum atomic E-state index is 12.0. The van der Waals surface area contributed by atoms with E-state index in [1.54, 1.807) is 48.5 Å². The second-order valence-electron chi connectivity index (χ2n) is 5.67. The molecule has 0 saturated carbocycles. The summed E-state index contributed by atoms with van der Waals surface area (Å²) >= 11 is 0. The van der Waals surface area contributed by atoms with E-state index >= 15 is 0 Å². The first-order valence-corrected chi connectivity index (χ1v) is 7.73. The summed E-state index contributed by atoms with van der Waals surface area (Å²) in [6.07, 6.45) is 0. The summed E-state index contributed by atoms with van der Waals surface area (Å²) in [7, 11) is 3.80. The molecular formula is C19H20N2O4. The average Bonchev–Trinajstić information content (AvgIpc) is 2.60. The van der Waals surface area contributed by atoms with Crippen molar-refractivity contribution in [1.29, 1.82) is 0 Å². The topological polar surface area (TPSA) is 75.7 Å². The van der Waals surface area contributed by atoms with E-state index in [0.717, 1.165) is 5.69 Å². The van der Waals surface area contributed by atoms with Gasteiger partial charge in [0, 0.05) is 25.3 Å². The molecular weight excluding hydrogens is 320 g/mol. The Bertz CT molecular complexity index is 782. The maximum absolute atomic E-state index is 12.0. The fraction of sp³-hybridized carbons (Fsp3) is 0.211. The van der Waals surface area contributed by atoms with Gasteiger partial charge in [-0.2, -0.15) is 0 Å². The molecule has 0 fully saturated rings. The summed E-state index contributed by atoms with van der Waals surface area (Å²) < 4.78 is 5.01. The molecule has 0 radical (unpaired) electrons. The summed E-state index contributed by atoms with van der Waals surface area (Å²) in [5.74, 6) is -1.25. The molecule has 2 aromatic rings. The Hall–Kier alpha value is -3.15. The molecule has 25 heavy (non-hydrogen) atoms. The van der Waals surface area contributed by atoms with Crippen molar-refractivity contribution in [2.45, 2.75) is 6.92 Å². The minimum absolute atomic E-state index is 0.158. The van der Waals surface area contributed by atoms with Crippen LogP contribution in [0.2, 0.25) is 0 Å². The quantitative estimate of drug-likeness (QED) is 0.646. The Morgan fingerprint density at radius 1 is 1.00 bits per heavy atom. The summed E-state index contributed by atoms with van der Waals surface area (Å²) in [5, 5.41) is 2.58. The molecule has 0 saturated heterocycles. The number of ketones is 1. The number of rotatable bonds is 6. The van der Waals surface area contributed by atoms with Gasteiger partial charge in [-0.25, -0.2) is 4.79 Å². The minimum Gasteiger partial charge on any atom is -0.452 e. The van der Waals surface area contributed by atoms with E-state index in [9.17, 15) is 14.4 Å². The number of hydrogen-bond acceptors (Lipinski definition) is 5. The number of nitrogens with one attached hydrogen (secondary N) is 1. The number of Topliss-reactive ketones (excluding diaryl/α,β-unsaturated/α-hetero) is 1. The highest BCUT2D eigenvalue weighted by atomic mass is 16.5. The van der Waals surface area contributed by atoms with Crippen LogP contribution in [0.25, 0.3) is 0 Å². The number of ether oxygens (including phenoxy) is 1. The van der Waals surface area contributed by atoms with Crippen LogP contribution in [-0.4, -0.2) is 38.4 Å². The number of esters is 1. The van der Waals surface area contributed by atoms with Gasteiger partial charge in [0.25, 0.3) is 5.91 Å². The molecule has 2 rings (SSSR count). The molecule has 0 atom stereocenters. The van der Waals surface area contributed by atoms with Gasteiger partial charge >= 0.3 is 5.97 Å². The van der Waals surface area contributed by atoms with E-state index in [-0.39, 0.29) is 5.78 Å². The molecule has 0 aliphatic carbocycles. The number of benzene rings is 2. The molecule has 6 nitrogen and oxygen atoms in total. The molecule has 0 aliphatic heterocycles. The van der Waals surface area contributed by atoms with Gasteiger partial charge in [-0.3, -0.25) is 9.59 Å². The van der Waals surface area contributed by atoms with Crippen LogP contribution in [0.5, 0.6) is 0 Å². The second-order valence-corrected chi connectivity index (χ2v) is 5.67. The lowest BCUT2D eigenvalue weighted by Crippen LogP contribution is -2.22. The molecule has 0 aromatic heterocycles. The van der Waals surface area contributed by atoms with Crippen LogP contribution in [0.1, 0.15) is 27.6 Å². The lowest BCUT2D eigenvalue weighted by molar-refractivity contribution is -0.119. The van der Waals surface area contributed by atoms with Crippen molar-refractivity contribution in [3.63, 3.8) is 0 Å². The number of para-hydroxylation sites is 1. The lowest BCUT2D eigenvalue weighted by atomic mass is 10.1. The third kappa shape index (κ3) is 4.91. The predicted molar refractivity (Wildman–Crippen MR) is 96.1 cm³/mol. The van der Waals surface area contributed by atoms with Crippen LogP contribution < -0.4 is 10.2 Å². The average molecular weight is 340 g/mol. The van der Waals surface area contributed by atoms with Gasteiger partial charge in [-0.1, -0.05) is 12.1 Å². The highest BCUT2D eigenvalue weighted by Gasteiger charge is 2.13. The summed E-state index contributed by atoms with van der Waals surface area (Å²) in [6, 6.07) is 13.5. The van der Waals surface area contributed by atoms with E-state index in [1.165, 1.54) is 6.92 Å². The van der Waals surface area contributed by atoms with Crippen molar-refractivity contribution in [3.05, 3.63) is 59.7 Å². The van der Waals surface area contributed by atoms with Gasteiger partial charge in [0.2, 0.25) is 0 Å². The van der Waals surface area contributed by atoms with E-state index in [0.29, 0.717) is 16.8 Å². The van der Waals surface area contributed by atoms with Crippen molar-refractivity contribution < 1.29 is 19.1 Å². The van der Waals surface area contributed by atoms with Gasteiger partial charge < -0.3 is 15.0 Å². The first-order valence-electron chi connectivity index (χ1n) is 7.73.